The Morgan fingerprint density at radius 3 is 2.45 bits per heavy atom. The largest absolute Gasteiger partial charge is 0.350 e. The van der Waals surface area contributed by atoms with E-state index in [9.17, 15) is 13.6 Å². The van der Waals surface area contributed by atoms with Crippen molar-refractivity contribution in [2.24, 2.45) is 0 Å². The van der Waals surface area contributed by atoms with Crippen LogP contribution in [0.25, 0.3) is 0 Å². The molecule has 20 heavy (non-hydrogen) atoms. The highest BCUT2D eigenvalue weighted by Crippen LogP contribution is 2.18. The minimum Gasteiger partial charge on any atom is -0.350 e. The second kappa shape index (κ2) is 6.48. The maximum atomic E-state index is 13.0. The lowest BCUT2D eigenvalue weighted by molar-refractivity contribution is 0.0953. The van der Waals surface area contributed by atoms with Crippen LogP contribution in [0.15, 0.2) is 48.5 Å². The topological polar surface area (TPSA) is 29.1 Å². The van der Waals surface area contributed by atoms with Crippen molar-refractivity contribution < 1.29 is 13.6 Å². The number of carbonyl (C=O) groups is 1. The van der Waals surface area contributed by atoms with E-state index in [-0.39, 0.29) is 17.5 Å². The molecule has 5 heteroatoms. The quantitative estimate of drug-likeness (QED) is 0.857. The van der Waals surface area contributed by atoms with Crippen LogP contribution in [-0.4, -0.2) is 12.5 Å². The first-order chi connectivity index (χ1) is 9.58. The Hall–Kier alpha value is -1.94. The molecule has 1 atom stereocenters. The lowest BCUT2D eigenvalue weighted by Crippen LogP contribution is -2.27. The Bertz CT molecular complexity index is 604. The fraction of sp³-hybridized carbons (Fsp3) is 0.133. The third-order valence-electron chi connectivity index (χ3n) is 2.78. The molecular weight excluding hydrogens is 284 g/mol. The van der Waals surface area contributed by atoms with Gasteiger partial charge in [0, 0.05) is 12.1 Å². The second-order valence-corrected chi connectivity index (χ2v) is 4.74. The number of hydrogen-bond donors (Lipinski definition) is 1. The molecule has 0 aliphatic rings. The standard InChI is InChI=1S/C15H12ClF2NO/c16-12(10-4-2-1-3-5-10)9-19-15(20)11-6-7-13(17)14(18)8-11/h1-8,12H,9H2,(H,19,20). The molecule has 1 N–H and O–H groups in total. The molecule has 1 unspecified atom stereocenters. The molecule has 1 amide bonds. The van der Waals surface area contributed by atoms with E-state index < -0.39 is 17.5 Å². The Labute approximate surface area is 120 Å². The smallest absolute Gasteiger partial charge is 0.251 e. The van der Waals surface area contributed by atoms with Crippen LogP contribution in [0, 0.1) is 11.6 Å². The molecular formula is C15H12ClF2NO. The molecule has 2 aromatic carbocycles. The summed E-state index contributed by atoms with van der Waals surface area (Å²) in [6.45, 7) is 0.198. The summed E-state index contributed by atoms with van der Waals surface area (Å²) < 4.78 is 25.8. The number of nitrogens with one attached hydrogen (secondary N) is 1. The molecule has 2 nitrogen and oxygen atoms in total. The summed E-state index contributed by atoms with van der Waals surface area (Å²) in [4.78, 5) is 11.8. The Morgan fingerprint density at radius 2 is 1.80 bits per heavy atom. The van der Waals surface area contributed by atoms with Gasteiger partial charge in [-0.05, 0) is 23.8 Å². The lowest BCUT2D eigenvalue weighted by Gasteiger charge is -2.11. The lowest BCUT2D eigenvalue weighted by atomic mass is 10.1. The Kier molecular flexibility index (Phi) is 4.69. The van der Waals surface area contributed by atoms with Gasteiger partial charge in [-0.2, -0.15) is 0 Å². The molecule has 0 aliphatic heterocycles. The first-order valence-corrected chi connectivity index (χ1v) is 6.44. The molecule has 0 aliphatic carbocycles. The first kappa shape index (κ1) is 14.5. The van der Waals surface area contributed by atoms with Crippen LogP contribution in [0.5, 0.6) is 0 Å². The summed E-state index contributed by atoms with van der Waals surface area (Å²) in [7, 11) is 0. The third kappa shape index (κ3) is 3.54. The SMILES string of the molecule is O=C(NCC(Cl)c1ccccc1)c1ccc(F)c(F)c1. The van der Waals surface area contributed by atoms with E-state index in [1.807, 2.05) is 30.3 Å². The second-order valence-electron chi connectivity index (χ2n) is 4.22. The molecule has 0 aromatic heterocycles. The van der Waals surface area contributed by atoms with Crippen molar-refractivity contribution in [1.82, 2.24) is 5.32 Å². The number of amides is 1. The Balaban J connectivity index is 1.97. The van der Waals surface area contributed by atoms with Crippen molar-refractivity contribution in [3.63, 3.8) is 0 Å². The van der Waals surface area contributed by atoms with E-state index in [4.69, 9.17) is 11.6 Å². The van der Waals surface area contributed by atoms with Gasteiger partial charge in [0.05, 0.1) is 5.38 Å². The maximum Gasteiger partial charge on any atom is 0.251 e. The summed E-state index contributed by atoms with van der Waals surface area (Å²) in [6, 6.07) is 12.3. The number of alkyl halides is 1. The van der Waals surface area contributed by atoms with Crippen molar-refractivity contribution in [2.75, 3.05) is 6.54 Å². The molecule has 0 radical (unpaired) electrons. The van der Waals surface area contributed by atoms with Gasteiger partial charge in [-0.1, -0.05) is 30.3 Å². The molecule has 0 heterocycles. The summed E-state index contributed by atoms with van der Waals surface area (Å²) >= 11 is 6.15. The van der Waals surface area contributed by atoms with E-state index in [1.165, 1.54) is 6.07 Å². The van der Waals surface area contributed by atoms with E-state index in [0.717, 1.165) is 17.7 Å². The maximum absolute atomic E-state index is 13.0. The van der Waals surface area contributed by atoms with Gasteiger partial charge in [0.25, 0.3) is 5.91 Å². The number of carbonyl (C=O) groups excluding carboxylic acids is 1. The third-order valence-corrected chi connectivity index (χ3v) is 3.19. The molecule has 0 saturated carbocycles. The average molecular weight is 296 g/mol. The zero-order chi connectivity index (χ0) is 14.5. The van der Waals surface area contributed by atoms with Crippen LogP contribution >= 0.6 is 11.6 Å². The van der Waals surface area contributed by atoms with Gasteiger partial charge in [0.2, 0.25) is 0 Å². The summed E-state index contributed by atoms with van der Waals surface area (Å²) in [6.07, 6.45) is 0. The average Bonchev–Trinajstić information content (AvgIpc) is 2.48. The molecule has 0 bridgehead atoms. The summed E-state index contributed by atoms with van der Waals surface area (Å²) in [5.41, 5.74) is 0.931. The van der Waals surface area contributed by atoms with Crippen molar-refractivity contribution in [1.29, 1.82) is 0 Å². The first-order valence-electron chi connectivity index (χ1n) is 6.00. The molecule has 104 valence electrons. The number of hydrogen-bond acceptors (Lipinski definition) is 1. The highest BCUT2D eigenvalue weighted by molar-refractivity contribution is 6.21. The molecule has 0 fully saturated rings. The monoisotopic (exact) mass is 295 g/mol. The van der Waals surface area contributed by atoms with Crippen LogP contribution in [-0.2, 0) is 0 Å². The van der Waals surface area contributed by atoms with Crippen LogP contribution in [0.1, 0.15) is 21.3 Å². The van der Waals surface area contributed by atoms with Crippen LogP contribution < -0.4 is 5.32 Å². The molecule has 0 saturated heterocycles. The van der Waals surface area contributed by atoms with Gasteiger partial charge in [-0.15, -0.1) is 11.6 Å². The fourth-order valence-electron chi connectivity index (χ4n) is 1.70. The minimum atomic E-state index is -1.05. The molecule has 2 rings (SSSR count). The van der Waals surface area contributed by atoms with E-state index in [1.54, 1.807) is 0 Å². The fourth-order valence-corrected chi connectivity index (χ4v) is 1.92. The van der Waals surface area contributed by atoms with Gasteiger partial charge >= 0.3 is 0 Å². The van der Waals surface area contributed by atoms with Gasteiger partial charge < -0.3 is 5.32 Å². The number of halogens is 3. The van der Waals surface area contributed by atoms with Crippen LogP contribution in [0.4, 0.5) is 8.78 Å². The Morgan fingerprint density at radius 1 is 1.10 bits per heavy atom. The van der Waals surface area contributed by atoms with Crippen LogP contribution in [0.3, 0.4) is 0 Å². The van der Waals surface area contributed by atoms with Crippen molar-refractivity contribution in [2.45, 2.75) is 5.38 Å². The highest BCUT2D eigenvalue weighted by Gasteiger charge is 2.12. The number of rotatable bonds is 4. The summed E-state index contributed by atoms with van der Waals surface area (Å²) in [5.74, 6) is -2.53. The zero-order valence-corrected chi connectivity index (χ0v) is 11.2. The van der Waals surface area contributed by atoms with Gasteiger partial charge in [0.15, 0.2) is 11.6 Å². The zero-order valence-electron chi connectivity index (χ0n) is 10.4. The van der Waals surface area contributed by atoms with E-state index in [0.29, 0.717) is 0 Å². The van der Waals surface area contributed by atoms with Gasteiger partial charge in [-0.25, -0.2) is 8.78 Å². The normalized spacial score (nSPS) is 11.9. The minimum absolute atomic E-state index is 0.0563. The van der Waals surface area contributed by atoms with Crippen LogP contribution in [0.2, 0.25) is 0 Å². The molecule has 0 spiro atoms. The highest BCUT2D eigenvalue weighted by atomic mass is 35.5. The van der Waals surface area contributed by atoms with Crippen molar-refractivity contribution in [3.8, 4) is 0 Å². The van der Waals surface area contributed by atoms with E-state index in [2.05, 4.69) is 5.32 Å². The number of benzene rings is 2. The van der Waals surface area contributed by atoms with Gasteiger partial charge in [-0.3, -0.25) is 4.79 Å². The van der Waals surface area contributed by atoms with Crippen molar-refractivity contribution >= 4 is 17.5 Å². The summed E-state index contributed by atoms with van der Waals surface area (Å²) in [5, 5.41) is 2.20. The predicted octanol–water partition coefficient (Wildman–Crippen LogP) is 3.67. The van der Waals surface area contributed by atoms with E-state index >= 15 is 0 Å². The molecule has 2 aromatic rings. The predicted molar refractivity (Wildman–Crippen MR) is 73.7 cm³/mol. The van der Waals surface area contributed by atoms with Crippen molar-refractivity contribution in [3.05, 3.63) is 71.3 Å². The van der Waals surface area contributed by atoms with Gasteiger partial charge in [0.1, 0.15) is 0 Å².